The lowest BCUT2D eigenvalue weighted by atomic mass is 10.2. The highest BCUT2D eigenvalue weighted by Crippen LogP contribution is 2.19. The number of carbonyl (C=O) groups is 1. The third-order valence-electron chi connectivity index (χ3n) is 2.86. The quantitative estimate of drug-likeness (QED) is 0.395. The summed E-state index contributed by atoms with van der Waals surface area (Å²) in [5.41, 5.74) is 1.13. The molecule has 0 aliphatic carbocycles. The predicted molar refractivity (Wildman–Crippen MR) is 86.4 cm³/mol. The molecule has 0 saturated heterocycles. The van der Waals surface area contributed by atoms with Crippen molar-refractivity contribution in [2.24, 2.45) is 0 Å². The van der Waals surface area contributed by atoms with Gasteiger partial charge in [0.25, 0.3) is 11.1 Å². The zero-order valence-electron chi connectivity index (χ0n) is 13.3. The number of hydrogen-bond donors (Lipinski definition) is 0. The lowest BCUT2D eigenvalue weighted by Crippen LogP contribution is -2.03. The molecule has 1 aromatic heterocycles. The van der Waals surface area contributed by atoms with E-state index in [0.29, 0.717) is 30.6 Å². The zero-order chi connectivity index (χ0) is 16.5. The fourth-order valence-electron chi connectivity index (χ4n) is 1.81. The van der Waals surface area contributed by atoms with Crippen LogP contribution in [0.1, 0.15) is 31.2 Å². The third-order valence-corrected chi connectivity index (χ3v) is 3.76. The number of esters is 1. The van der Waals surface area contributed by atoms with Crippen LogP contribution in [0, 0.1) is 6.92 Å². The Labute approximate surface area is 139 Å². The van der Waals surface area contributed by atoms with Crippen molar-refractivity contribution in [1.82, 2.24) is 10.2 Å². The molecule has 0 spiro atoms. The molecule has 0 aliphatic rings. The number of carbonyl (C=O) groups excluding carboxylic acids is 1. The monoisotopic (exact) mass is 336 g/mol. The van der Waals surface area contributed by atoms with E-state index in [0.717, 1.165) is 17.1 Å². The second-order valence-electron chi connectivity index (χ2n) is 4.82. The Kier molecular flexibility index (Phi) is 6.93. The van der Waals surface area contributed by atoms with Crippen molar-refractivity contribution < 1.29 is 18.7 Å². The minimum Gasteiger partial charge on any atom is -0.484 e. The average Bonchev–Trinajstić information content (AvgIpc) is 2.98. The highest BCUT2D eigenvalue weighted by molar-refractivity contribution is 7.99. The van der Waals surface area contributed by atoms with E-state index in [1.54, 1.807) is 6.92 Å². The number of aryl methyl sites for hydroxylation is 1. The minimum absolute atomic E-state index is 0.175. The third kappa shape index (κ3) is 6.32. The molecular formula is C16H20N2O4S. The van der Waals surface area contributed by atoms with E-state index in [1.807, 2.05) is 31.2 Å². The molecule has 0 N–H and O–H groups in total. The summed E-state index contributed by atoms with van der Waals surface area (Å²) in [6, 6.07) is 7.77. The standard InChI is InChI=1S/C16H20N2O4S/c1-3-20-15(19)8-5-9-23-16-18-17-14(22-16)11-21-13-7-4-6-12(2)10-13/h4,6-7,10H,3,5,8-9,11H2,1-2H3. The molecule has 0 atom stereocenters. The number of rotatable bonds is 9. The Bertz CT molecular complexity index is 630. The summed E-state index contributed by atoms with van der Waals surface area (Å²) in [6.07, 6.45) is 1.11. The van der Waals surface area contributed by atoms with Gasteiger partial charge in [-0.1, -0.05) is 23.9 Å². The zero-order valence-corrected chi connectivity index (χ0v) is 14.1. The number of ether oxygens (including phenoxy) is 2. The van der Waals surface area contributed by atoms with Crippen molar-refractivity contribution in [2.45, 2.75) is 38.5 Å². The Balaban J connectivity index is 1.70. The van der Waals surface area contributed by atoms with E-state index < -0.39 is 0 Å². The van der Waals surface area contributed by atoms with E-state index in [2.05, 4.69) is 10.2 Å². The lowest BCUT2D eigenvalue weighted by Gasteiger charge is -2.03. The maximum Gasteiger partial charge on any atom is 0.305 e. The second kappa shape index (κ2) is 9.19. The van der Waals surface area contributed by atoms with Crippen LogP contribution in [-0.2, 0) is 16.1 Å². The highest BCUT2D eigenvalue weighted by Gasteiger charge is 2.08. The molecule has 0 bridgehead atoms. The highest BCUT2D eigenvalue weighted by atomic mass is 32.2. The SMILES string of the molecule is CCOC(=O)CCCSc1nnc(COc2cccc(C)c2)o1. The maximum atomic E-state index is 11.2. The Morgan fingerprint density at radius 1 is 1.35 bits per heavy atom. The first-order chi connectivity index (χ1) is 11.2. The molecule has 1 heterocycles. The number of benzene rings is 1. The van der Waals surface area contributed by atoms with Gasteiger partial charge in [-0.05, 0) is 38.0 Å². The fraction of sp³-hybridized carbons (Fsp3) is 0.438. The van der Waals surface area contributed by atoms with Crippen LogP contribution < -0.4 is 4.74 Å². The van der Waals surface area contributed by atoms with Crippen molar-refractivity contribution in [3.63, 3.8) is 0 Å². The van der Waals surface area contributed by atoms with Crippen molar-refractivity contribution in [3.05, 3.63) is 35.7 Å². The molecule has 0 unspecified atom stereocenters. The van der Waals surface area contributed by atoms with Gasteiger partial charge in [-0.25, -0.2) is 0 Å². The summed E-state index contributed by atoms with van der Waals surface area (Å²) in [5.74, 6) is 1.75. The summed E-state index contributed by atoms with van der Waals surface area (Å²) in [4.78, 5) is 11.2. The summed E-state index contributed by atoms with van der Waals surface area (Å²) in [7, 11) is 0. The van der Waals surface area contributed by atoms with Crippen molar-refractivity contribution in [1.29, 1.82) is 0 Å². The van der Waals surface area contributed by atoms with Gasteiger partial charge in [-0.15, -0.1) is 10.2 Å². The van der Waals surface area contributed by atoms with Gasteiger partial charge in [-0.2, -0.15) is 0 Å². The van der Waals surface area contributed by atoms with Gasteiger partial charge in [0.1, 0.15) is 5.75 Å². The van der Waals surface area contributed by atoms with Gasteiger partial charge in [0.15, 0.2) is 6.61 Å². The van der Waals surface area contributed by atoms with Crippen molar-refractivity contribution in [2.75, 3.05) is 12.4 Å². The molecule has 0 fully saturated rings. The summed E-state index contributed by atoms with van der Waals surface area (Å²) in [5, 5.41) is 8.38. The second-order valence-corrected chi connectivity index (χ2v) is 5.87. The number of aromatic nitrogens is 2. The van der Waals surface area contributed by atoms with E-state index >= 15 is 0 Å². The van der Waals surface area contributed by atoms with Gasteiger partial charge in [0, 0.05) is 12.2 Å². The van der Waals surface area contributed by atoms with Crippen LogP contribution in [-0.4, -0.2) is 28.5 Å². The van der Waals surface area contributed by atoms with Gasteiger partial charge in [0.2, 0.25) is 0 Å². The summed E-state index contributed by atoms with van der Waals surface area (Å²) >= 11 is 1.42. The Morgan fingerprint density at radius 2 is 2.22 bits per heavy atom. The number of hydrogen-bond acceptors (Lipinski definition) is 7. The Hall–Kier alpha value is -2.02. The molecule has 1 aromatic carbocycles. The van der Waals surface area contributed by atoms with Gasteiger partial charge in [-0.3, -0.25) is 4.79 Å². The molecule has 2 aromatic rings. The Morgan fingerprint density at radius 3 is 3.00 bits per heavy atom. The first-order valence-corrected chi connectivity index (χ1v) is 8.46. The van der Waals surface area contributed by atoms with Gasteiger partial charge >= 0.3 is 5.97 Å². The molecule has 2 rings (SSSR count). The smallest absolute Gasteiger partial charge is 0.305 e. The first-order valence-electron chi connectivity index (χ1n) is 7.47. The van der Waals surface area contributed by atoms with E-state index in [9.17, 15) is 4.79 Å². The largest absolute Gasteiger partial charge is 0.484 e. The molecule has 0 radical (unpaired) electrons. The van der Waals surface area contributed by atoms with Crippen LogP contribution >= 0.6 is 11.8 Å². The van der Waals surface area contributed by atoms with Crippen LogP contribution in [0.4, 0.5) is 0 Å². The fourth-order valence-corrected chi connectivity index (χ4v) is 2.53. The van der Waals surface area contributed by atoms with Gasteiger partial charge < -0.3 is 13.9 Å². The molecular weight excluding hydrogens is 316 g/mol. The first kappa shape index (κ1) is 17.3. The molecule has 0 amide bonds. The number of thioether (sulfide) groups is 1. The van der Waals surface area contributed by atoms with Crippen molar-refractivity contribution in [3.8, 4) is 5.75 Å². The molecule has 23 heavy (non-hydrogen) atoms. The normalized spacial score (nSPS) is 10.5. The molecule has 6 nitrogen and oxygen atoms in total. The van der Waals surface area contributed by atoms with E-state index in [-0.39, 0.29) is 12.6 Å². The van der Waals surface area contributed by atoms with Crippen molar-refractivity contribution >= 4 is 17.7 Å². The van der Waals surface area contributed by atoms with Gasteiger partial charge in [0.05, 0.1) is 6.61 Å². The number of nitrogens with zero attached hydrogens (tertiary/aromatic N) is 2. The van der Waals surface area contributed by atoms with Crippen LogP contribution in [0.3, 0.4) is 0 Å². The minimum atomic E-state index is -0.175. The molecule has 0 saturated carbocycles. The predicted octanol–water partition coefficient (Wildman–Crippen LogP) is 3.39. The molecule has 124 valence electrons. The van der Waals surface area contributed by atoms with E-state index in [4.69, 9.17) is 13.9 Å². The molecule has 0 aliphatic heterocycles. The van der Waals surface area contributed by atoms with Crippen LogP contribution in [0.15, 0.2) is 33.9 Å². The lowest BCUT2D eigenvalue weighted by molar-refractivity contribution is -0.143. The van der Waals surface area contributed by atoms with Crippen LogP contribution in [0.2, 0.25) is 0 Å². The van der Waals surface area contributed by atoms with Crippen LogP contribution in [0.25, 0.3) is 0 Å². The topological polar surface area (TPSA) is 74.5 Å². The maximum absolute atomic E-state index is 11.2. The summed E-state index contributed by atoms with van der Waals surface area (Å²) in [6.45, 7) is 4.45. The van der Waals surface area contributed by atoms with Crippen LogP contribution in [0.5, 0.6) is 5.75 Å². The average molecular weight is 336 g/mol. The van der Waals surface area contributed by atoms with E-state index in [1.165, 1.54) is 11.8 Å². The summed E-state index contributed by atoms with van der Waals surface area (Å²) < 4.78 is 16.0. The molecule has 7 heteroatoms.